The molecule has 0 saturated carbocycles. The average molecular weight is 168 g/mol. The largest absolute Gasteiger partial charge is 0.356 e. The molecule has 3 heteroatoms. The second kappa shape index (κ2) is 2.73. The molecule has 0 aliphatic carbocycles. The fourth-order valence-corrected chi connectivity index (χ4v) is 2.47. The predicted octanol–water partition coefficient (Wildman–Crippen LogP) is 0.218. The molecule has 12 heavy (non-hydrogen) atoms. The Morgan fingerprint density at radius 2 is 2.33 bits per heavy atom. The molecule has 1 atom stereocenters. The minimum absolute atomic E-state index is 0.0208. The Kier molecular flexibility index (Phi) is 1.83. The van der Waals surface area contributed by atoms with Crippen LogP contribution >= 0.6 is 0 Å². The third-order valence-corrected chi connectivity index (χ3v) is 3.14. The van der Waals surface area contributed by atoms with Gasteiger partial charge in [-0.2, -0.15) is 0 Å². The van der Waals surface area contributed by atoms with Crippen LogP contribution in [0.1, 0.15) is 19.3 Å². The molecule has 3 nitrogen and oxygen atoms in total. The van der Waals surface area contributed by atoms with Crippen molar-refractivity contribution in [3.8, 4) is 0 Å². The first-order valence-electron chi connectivity index (χ1n) is 4.70. The zero-order chi connectivity index (χ0) is 8.60. The number of piperidine rings is 1. The normalized spacial score (nSPS) is 37.2. The zero-order valence-corrected chi connectivity index (χ0v) is 7.60. The van der Waals surface area contributed by atoms with Gasteiger partial charge < -0.3 is 10.2 Å². The fourth-order valence-electron chi connectivity index (χ4n) is 2.47. The van der Waals surface area contributed by atoms with Crippen LogP contribution in [0.25, 0.3) is 0 Å². The smallest absolute Gasteiger partial charge is 0.227 e. The molecule has 0 radical (unpaired) electrons. The van der Waals surface area contributed by atoms with Gasteiger partial charge in [0.05, 0.1) is 5.41 Å². The number of amides is 1. The Morgan fingerprint density at radius 1 is 1.50 bits per heavy atom. The lowest BCUT2D eigenvalue weighted by Crippen LogP contribution is -2.45. The molecule has 1 N–H and O–H groups in total. The van der Waals surface area contributed by atoms with E-state index in [1.54, 1.807) is 0 Å². The van der Waals surface area contributed by atoms with Crippen molar-refractivity contribution in [3.63, 3.8) is 0 Å². The van der Waals surface area contributed by atoms with Crippen LogP contribution in [0.4, 0.5) is 0 Å². The molecule has 0 aromatic heterocycles. The third kappa shape index (κ3) is 1.12. The summed E-state index contributed by atoms with van der Waals surface area (Å²) < 4.78 is 0. The highest BCUT2D eigenvalue weighted by Gasteiger charge is 2.44. The minimum Gasteiger partial charge on any atom is -0.356 e. The Balaban J connectivity index is 2.13. The Bertz CT molecular complexity index is 205. The predicted molar refractivity (Wildman–Crippen MR) is 46.8 cm³/mol. The number of carbonyl (C=O) groups excluding carboxylic acids is 1. The lowest BCUT2D eigenvalue weighted by molar-refractivity contribution is -0.130. The van der Waals surface area contributed by atoms with Crippen LogP contribution in [0.5, 0.6) is 0 Å². The number of nitrogens with zero attached hydrogens (tertiary/aromatic N) is 1. The van der Waals surface area contributed by atoms with Gasteiger partial charge in [-0.1, -0.05) is 0 Å². The van der Waals surface area contributed by atoms with E-state index in [-0.39, 0.29) is 11.3 Å². The molecular weight excluding hydrogens is 152 g/mol. The number of rotatable bonds is 0. The molecule has 1 spiro atoms. The molecule has 2 aliphatic rings. The fraction of sp³-hybridized carbons (Fsp3) is 0.889. The van der Waals surface area contributed by atoms with Gasteiger partial charge in [0.15, 0.2) is 0 Å². The number of hydrogen-bond acceptors (Lipinski definition) is 2. The highest BCUT2D eigenvalue weighted by molar-refractivity contribution is 5.85. The molecule has 2 heterocycles. The van der Waals surface area contributed by atoms with E-state index in [1.807, 2.05) is 0 Å². The molecule has 0 aromatic rings. The standard InChI is InChI=1S/C9H16N2O/c1-11-6-2-3-9(7-11)4-5-10-8(9)12/h2-7H2,1H3,(H,10,12). The molecule has 1 unspecified atom stereocenters. The zero-order valence-electron chi connectivity index (χ0n) is 7.60. The van der Waals surface area contributed by atoms with E-state index in [9.17, 15) is 4.79 Å². The van der Waals surface area contributed by atoms with Gasteiger partial charge in [0, 0.05) is 13.1 Å². The highest BCUT2D eigenvalue weighted by atomic mass is 16.2. The highest BCUT2D eigenvalue weighted by Crippen LogP contribution is 2.35. The van der Waals surface area contributed by atoms with Crippen molar-refractivity contribution in [2.45, 2.75) is 19.3 Å². The summed E-state index contributed by atoms with van der Waals surface area (Å²) in [5, 5.41) is 2.93. The van der Waals surface area contributed by atoms with Gasteiger partial charge >= 0.3 is 0 Å². The van der Waals surface area contributed by atoms with Crippen LogP contribution in [0.3, 0.4) is 0 Å². The van der Waals surface area contributed by atoms with E-state index in [4.69, 9.17) is 0 Å². The molecule has 2 saturated heterocycles. The van der Waals surface area contributed by atoms with Crippen LogP contribution in [0, 0.1) is 5.41 Å². The van der Waals surface area contributed by atoms with Crippen LogP contribution in [0.2, 0.25) is 0 Å². The molecule has 2 aliphatic heterocycles. The molecule has 1 amide bonds. The van der Waals surface area contributed by atoms with Gasteiger partial charge in [0.1, 0.15) is 0 Å². The van der Waals surface area contributed by atoms with Gasteiger partial charge in [0.2, 0.25) is 5.91 Å². The molecule has 0 bridgehead atoms. The maximum Gasteiger partial charge on any atom is 0.227 e. The summed E-state index contributed by atoms with van der Waals surface area (Å²) in [5.74, 6) is 0.286. The number of hydrogen-bond donors (Lipinski definition) is 1. The second-order valence-electron chi connectivity index (χ2n) is 4.13. The van der Waals surface area contributed by atoms with Crippen molar-refractivity contribution in [2.24, 2.45) is 5.41 Å². The molecule has 2 fully saturated rings. The molecule has 2 rings (SSSR count). The van der Waals surface area contributed by atoms with E-state index in [0.29, 0.717) is 0 Å². The maximum atomic E-state index is 11.6. The van der Waals surface area contributed by atoms with Crippen molar-refractivity contribution in [3.05, 3.63) is 0 Å². The minimum atomic E-state index is -0.0208. The Hall–Kier alpha value is -0.570. The van der Waals surface area contributed by atoms with Crippen molar-refractivity contribution in [1.82, 2.24) is 10.2 Å². The van der Waals surface area contributed by atoms with Crippen LogP contribution in [0.15, 0.2) is 0 Å². The van der Waals surface area contributed by atoms with E-state index in [2.05, 4.69) is 17.3 Å². The quantitative estimate of drug-likeness (QED) is 0.561. The van der Waals surface area contributed by atoms with Crippen molar-refractivity contribution in [2.75, 3.05) is 26.7 Å². The first kappa shape index (κ1) is 8.05. The summed E-state index contributed by atoms with van der Waals surface area (Å²) in [6, 6.07) is 0. The van der Waals surface area contributed by atoms with E-state index >= 15 is 0 Å². The van der Waals surface area contributed by atoms with Crippen LogP contribution in [-0.4, -0.2) is 37.5 Å². The van der Waals surface area contributed by atoms with E-state index < -0.39 is 0 Å². The average Bonchev–Trinajstić information content (AvgIpc) is 2.33. The number of nitrogens with one attached hydrogen (secondary N) is 1. The molecule has 68 valence electrons. The lowest BCUT2D eigenvalue weighted by atomic mass is 9.79. The lowest BCUT2D eigenvalue weighted by Gasteiger charge is -2.36. The van der Waals surface area contributed by atoms with E-state index in [1.165, 1.54) is 6.42 Å². The summed E-state index contributed by atoms with van der Waals surface area (Å²) in [6.07, 6.45) is 3.29. The number of carbonyl (C=O) groups is 1. The Morgan fingerprint density at radius 3 is 2.92 bits per heavy atom. The first-order valence-corrected chi connectivity index (χ1v) is 4.70. The maximum absolute atomic E-state index is 11.6. The third-order valence-electron chi connectivity index (χ3n) is 3.14. The van der Waals surface area contributed by atoms with Crippen molar-refractivity contribution >= 4 is 5.91 Å². The van der Waals surface area contributed by atoms with Gasteiger partial charge in [-0.05, 0) is 32.9 Å². The Labute approximate surface area is 73.1 Å². The first-order chi connectivity index (χ1) is 5.73. The van der Waals surface area contributed by atoms with Gasteiger partial charge in [-0.15, -0.1) is 0 Å². The van der Waals surface area contributed by atoms with Gasteiger partial charge in [-0.25, -0.2) is 0 Å². The van der Waals surface area contributed by atoms with Gasteiger partial charge in [-0.3, -0.25) is 4.79 Å². The van der Waals surface area contributed by atoms with E-state index in [0.717, 1.165) is 32.5 Å². The van der Waals surface area contributed by atoms with Crippen LogP contribution in [-0.2, 0) is 4.79 Å². The van der Waals surface area contributed by atoms with Crippen LogP contribution < -0.4 is 5.32 Å². The summed E-state index contributed by atoms with van der Waals surface area (Å²) in [5.41, 5.74) is -0.0208. The summed E-state index contributed by atoms with van der Waals surface area (Å²) in [4.78, 5) is 13.8. The topological polar surface area (TPSA) is 32.3 Å². The number of likely N-dealkylation sites (tertiary alicyclic amines) is 1. The van der Waals surface area contributed by atoms with Gasteiger partial charge in [0.25, 0.3) is 0 Å². The van der Waals surface area contributed by atoms with Crippen molar-refractivity contribution in [1.29, 1.82) is 0 Å². The summed E-state index contributed by atoms with van der Waals surface area (Å²) in [6.45, 7) is 2.99. The monoisotopic (exact) mass is 168 g/mol. The molecular formula is C9H16N2O. The summed E-state index contributed by atoms with van der Waals surface area (Å²) in [7, 11) is 2.10. The second-order valence-corrected chi connectivity index (χ2v) is 4.13. The summed E-state index contributed by atoms with van der Waals surface area (Å²) >= 11 is 0. The SMILES string of the molecule is CN1CCCC2(CCNC2=O)C1. The molecule has 0 aromatic carbocycles. The van der Waals surface area contributed by atoms with Crippen molar-refractivity contribution < 1.29 is 4.79 Å².